The van der Waals surface area contributed by atoms with E-state index >= 15 is 0 Å². The van der Waals surface area contributed by atoms with E-state index in [2.05, 4.69) is 27.7 Å². The maximum atomic E-state index is 8.90. The molecule has 0 aliphatic rings. The predicted octanol–water partition coefficient (Wildman–Crippen LogP) is 3.41. The van der Waals surface area contributed by atoms with Crippen molar-refractivity contribution in [1.29, 1.82) is 0 Å². The fourth-order valence-corrected chi connectivity index (χ4v) is 2.00. The normalized spacial score (nSPS) is 17.7. The van der Waals surface area contributed by atoms with Crippen LogP contribution in [0.4, 0.5) is 0 Å². The van der Waals surface area contributed by atoms with Gasteiger partial charge in [0, 0.05) is 0 Å². The summed E-state index contributed by atoms with van der Waals surface area (Å²) in [6.45, 7) is 13.6. The Morgan fingerprint density at radius 2 is 1.43 bits per heavy atom. The third-order valence-electron chi connectivity index (χ3n) is 3.48. The van der Waals surface area contributed by atoms with Crippen molar-refractivity contribution in [3.8, 4) is 0 Å². The highest BCUT2D eigenvalue weighted by Gasteiger charge is 2.17. The van der Waals surface area contributed by atoms with Crippen LogP contribution in [0.3, 0.4) is 0 Å². The zero-order chi connectivity index (χ0) is 16.3. The first-order valence-electron chi connectivity index (χ1n) is 8.40. The van der Waals surface area contributed by atoms with Gasteiger partial charge in [0.05, 0.1) is 44.2 Å². The van der Waals surface area contributed by atoms with E-state index in [0.717, 1.165) is 6.42 Å². The monoisotopic (exact) mass is 304 g/mol. The minimum atomic E-state index is -0.135. The van der Waals surface area contributed by atoms with E-state index in [1.54, 1.807) is 0 Å². The van der Waals surface area contributed by atoms with E-state index in [1.165, 1.54) is 12.8 Å². The number of ether oxygens (including phenoxy) is 3. The molecule has 4 heteroatoms. The van der Waals surface area contributed by atoms with Gasteiger partial charge in [-0.3, -0.25) is 0 Å². The summed E-state index contributed by atoms with van der Waals surface area (Å²) in [7, 11) is 0. The van der Waals surface area contributed by atoms with Gasteiger partial charge in [-0.1, -0.05) is 33.6 Å². The lowest BCUT2D eigenvalue weighted by molar-refractivity contribution is -0.0991. The van der Waals surface area contributed by atoms with E-state index in [4.69, 9.17) is 19.3 Å². The summed E-state index contributed by atoms with van der Waals surface area (Å²) >= 11 is 0. The van der Waals surface area contributed by atoms with Crippen LogP contribution in [0.15, 0.2) is 0 Å². The van der Waals surface area contributed by atoms with E-state index in [0.29, 0.717) is 25.2 Å². The summed E-state index contributed by atoms with van der Waals surface area (Å²) < 4.78 is 17.3. The molecular weight excluding hydrogens is 268 g/mol. The molecule has 1 N–H and O–H groups in total. The van der Waals surface area contributed by atoms with Gasteiger partial charge in [-0.2, -0.15) is 0 Å². The fraction of sp³-hybridized carbons (Fsp3) is 1.00. The Kier molecular flexibility index (Phi) is 12.3. The molecule has 128 valence electrons. The van der Waals surface area contributed by atoms with Gasteiger partial charge in [-0.25, -0.2) is 0 Å². The average molecular weight is 304 g/mol. The molecular formula is C17H36O4. The van der Waals surface area contributed by atoms with Crippen LogP contribution in [0.5, 0.6) is 0 Å². The number of aliphatic hydroxyl groups is 1. The van der Waals surface area contributed by atoms with Crippen molar-refractivity contribution >= 4 is 0 Å². The molecule has 4 nitrogen and oxygen atoms in total. The number of unbranched alkanes of at least 4 members (excludes halogenated alkanes) is 1. The topological polar surface area (TPSA) is 47.9 Å². The lowest BCUT2D eigenvalue weighted by Gasteiger charge is -2.26. The van der Waals surface area contributed by atoms with Crippen molar-refractivity contribution in [2.45, 2.75) is 85.2 Å². The molecule has 0 aromatic carbocycles. The molecule has 0 saturated heterocycles. The smallest absolute Gasteiger partial charge is 0.0784 e. The highest BCUT2D eigenvalue weighted by molar-refractivity contribution is 4.65. The highest BCUT2D eigenvalue weighted by Crippen LogP contribution is 2.16. The van der Waals surface area contributed by atoms with Crippen LogP contribution in [0, 0.1) is 5.92 Å². The molecule has 0 bridgehead atoms. The number of aliphatic hydroxyl groups excluding tert-OH is 1. The van der Waals surface area contributed by atoms with Gasteiger partial charge in [-0.05, 0) is 33.1 Å². The molecule has 0 spiro atoms. The van der Waals surface area contributed by atoms with Gasteiger partial charge in [-0.15, -0.1) is 0 Å². The molecule has 0 aliphatic carbocycles. The van der Waals surface area contributed by atoms with Gasteiger partial charge in [0.25, 0.3) is 0 Å². The second kappa shape index (κ2) is 12.4. The first-order chi connectivity index (χ1) is 9.90. The quantitative estimate of drug-likeness (QED) is 0.566. The van der Waals surface area contributed by atoms with Crippen molar-refractivity contribution < 1.29 is 19.3 Å². The minimum absolute atomic E-state index is 0.0122. The minimum Gasteiger partial charge on any atom is -0.394 e. The second-order valence-electron chi connectivity index (χ2n) is 6.34. The molecule has 0 aliphatic heterocycles. The molecule has 0 aromatic rings. The molecule has 0 rings (SSSR count). The summed E-state index contributed by atoms with van der Waals surface area (Å²) in [5.74, 6) is 0.533. The van der Waals surface area contributed by atoms with Crippen LogP contribution < -0.4 is 0 Å². The summed E-state index contributed by atoms with van der Waals surface area (Å²) in [5.41, 5.74) is 0. The Morgan fingerprint density at radius 3 is 1.95 bits per heavy atom. The summed E-state index contributed by atoms with van der Waals surface area (Å²) in [6.07, 6.45) is 3.80. The molecule has 0 saturated carbocycles. The lowest BCUT2D eigenvalue weighted by Crippen LogP contribution is -2.30. The second-order valence-corrected chi connectivity index (χ2v) is 6.34. The molecule has 0 heterocycles. The first kappa shape index (κ1) is 20.8. The largest absolute Gasteiger partial charge is 0.394 e. The molecule has 21 heavy (non-hydrogen) atoms. The summed E-state index contributed by atoms with van der Waals surface area (Å²) in [4.78, 5) is 0. The van der Waals surface area contributed by atoms with Gasteiger partial charge in [0.15, 0.2) is 0 Å². The van der Waals surface area contributed by atoms with E-state index < -0.39 is 0 Å². The van der Waals surface area contributed by atoms with Crippen LogP contribution in [0.2, 0.25) is 0 Å². The number of hydrogen-bond acceptors (Lipinski definition) is 4. The Morgan fingerprint density at radius 1 is 0.857 bits per heavy atom. The van der Waals surface area contributed by atoms with E-state index in [9.17, 15) is 0 Å². The highest BCUT2D eigenvalue weighted by atomic mass is 16.6. The van der Waals surface area contributed by atoms with Crippen molar-refractivity contribution in [2.24, 2.45) is 5.92 Å². The van der Waals surface area contributed by atoms with E-state index in [-0.39, 0.29) is 24.9 Å². The van der Waals surface area contributed by atoms with Crippen molar-refractivity contribution in [1.82, 2.24) is 0 Å². The molecule has 4 atom stereocenters. The molecule has 0 fully saturated rings. The van der Waals surface area contributed by atoms with Gasteiger partial charge in [0.2, 0.25) is 0 Å². The van der Waals surface area contributed by atoms with Crippen LogP contribution in [-0.2, 0) is 14.2 Å². The molecule has 0 aromatic heterocycles. The Hall–Kier alpha value is -0.160. The van der Waals surface area contributed by atoms with Crippen LogP contribution >= 0.6 is 0 Å². The van der Waals surface area contributed by atoms with Crippen molar-refractivity contribution in [2.75, 3.05) is 19.8 Å². The van der Waals surface area contributed by atoms with Crippen molar-refractivity contribution in [3.05, 3.63) is 0 Å². The van der Waals surface area contributed by atoms with Crippen LogP contribution in [0.1, 0.15) is 60.8 Å². The van der Waals surface area contributed by atoms with Crippen LogP contribution in [-0.4, -0.2) is 49.3 Å². The van der Waals surface area contributed by atoms with Crippen LogP contribution in [0.25, 0.3) is 0 Å². The standard InChI is InChI=1S/C17H36O4/c1-7-8-9-17(13(2)3)21-16(6)12-20-15(5)11-19-14(4)10-18/h13-18H,7-12H2,1-6H3. The average Bonchev–Trinajstić information content (AvgIpc) is 2.46. The maximum absolute atomic E-state index is 8.90. The fourth-order valence-electron chi connectivity index (χ4n) is 2.00. The Balaban J connectivity index is 3.92. The van der Waals surface area contributed by atoms with Gasteiger partial charge < -0.3 is 19.3 Å². The van der Waals surface area contributed by atoms with Gasteiger partial charge in [0.1, 0.15) is 0 Å². The Labute approximate surface area is 131 Å². The van der Waals surface area contributed by atoms with Crippen molar-refractivity contribution in [3.63, 3.8) is 0 Å². The lowest BCUT2D eigenvalue weighted by atomic mass is 10.0. The molecule has 0 radical (unpaired) electrons. The number of hydrogen-bond donors (Lipinski definition) is 1. The summed E-state index contributed by atoms with van der Waals surface area (Å²) in [6, 6.07) is 0. The zero-order valence-corrected chi connectivity index (χ0v) is 14.8. The Bertz CT molecular complexity index is 233. The summed E-state index contributed by atoms with van der Waals surface area (Å²) in [5, 5.41) is 8.90. The number of rotatable bonds is 13. The predicted molar refractivity (Wildman–Crippen MR) is 86.6 cm³/mol. The third kappa shape index (κ3) is 11.1. The third-order valence-corrected chi connectivity index (χ3v) is 3.48. The zero-order valence-electron chi connectivity index (χ0n) is 14.8. The SMILES string of the molecule is CCCCC(OC(C)COC(C)COC(C)CO)C(C)C. The molecule has 0 amide bonds. The van der Waals surface area contributed by atoms with E-state index in [1.807, 2.05) is 13.8 Å². The van der Waals surface area contributed by atoms with Gasteiger partial charge >= 0.3 is 0 Å². The maximum Gasteiger partial charge on any atom is 0.0784 e. The first-order valence-corrected chi connectivity index (χ1v) is 8.40. The molecule has 4 unspecified atom stereocenters.